The maximum absolute atomic E-state index is 10.2. The number of carboxylic acids is 5. The number of hydrogen-bond acceptors (Lipinski definition) is 12. The molecule has 0 saturated carbocycles. The smallest absolute Gasteiger partial charge is 0.320 e. The van der Waals surface area contributed by atoms with Crippen molar-refractivity contribution in [2.45, 2.75) is 56.0 Å². The summed E-state index contributed by atoms with van der Waals surface area (Å²) in [4.78, 5) is 49.0. The molecular weight excluding hydrogens is 490 g/mol. The quantitative estimate of drug-likeness (QED) is 0.160. The van der Waals surface area contributed by atoms with Crippen LogP contribution in [-0.4, -0.2) is 129 Å². The Hall–Kier alpha value is -2.93. The molecule has 5 atom stereocenters. The molecule has 0 bridgehead atoms. The first kappa shape index (κ1) is 35.2. The molecule has 3 aliphatic heterocycles. The van der Waals surface area contributed by atoms with E-state index >= 15 is 0 Å². The molecule has 3 fully saturated rings. The number of aliphatic hydroxyl groups excluding tert-OH is 2. The Labute approximate surface area is 206 Å². The first-order valence-corrected chi connectivity index (χ1v) is 10.8. The fraction of sp³-hybridized carbons (Fsp3) is 0.737. The monoisotopic (exact) mass is 527 g/mol. The lowest BCUT2D eigenvalue weighted by Gasteiger charge is -1.99. The fourth-order valence-corrected chi connectivity index (χ4v) is 2.71. The highest BCUT2D eigenvalue weighted by Crippen LogP contribution is 2.06. The maximum atomic E-state index is 10.2. The molecule has 0 aromatic rings. The molecule has 0 aromatic carbocycles. The maximum Gasteiger partial charge on any atom is 0.320 e. The van der Waals surface area contributed by atoms with Gasteiger partial charge in [0.1, 0.15) is 18.1 Å². The van der Waals surface area contributed by atoms with Crippen molar-refractivity contribution < 1.29 is 59.7 Å². The summed E-state index contributed by atoms with van der Waals surface area (Å²) in [6.45, 7) is 1.10. The zero-order valence-electron chi connectivity index (χ0n) is 19.6. The zero-order chi connectivity index (χ0) is 28.3. The topological polar surface area (TPSA) is 315 Å². The molecule has 0 amide bonds. The van der Waals surface area contributed by atoms with Crippen LogP contribution in [0.5, 0.6) is 0 Å². The molecular formula is C19H37N5O12. The van der Waals surface area contributed by atoms with Gasteiger partial charge < -0.3 is 63.2 Å². The fourth-order valence-electron chi connectivity index (χ4n) is 2.71. The minimum Gasteiger partial charge on any atom is -0.480 e. The molecule has 3 saturated heterocycles. The largest absolute Gasteiger partial charge is 0.480 e. The summed E-state index contributed by atoms with van der Waals surface area (Å²) < 4.78 is 0. The van der Waals surface area contributed by atoms with Crippen molar-refractivity contribution >= 4 is 29.8 Å². The summed E-state index contributed by atoms with van der Waals surface area (Å²) in [5.74, 6) is -4.42. The molecule has 17 nitrogen and oxygen atoms in total. The summed E-state index contributed by atoms with van der Waals surface area (Å²) in [5, 5.41) is 66.1. The van der Waals surface area contributed by atoms with Crippen LogP contribution in [-0.2, 0) is 24.0 Å². The van der Waals surface area contributed by atoms with Gasteiger partial charge in [0.15, 0.2) is 0 Å². The molecule has 2 unspecified atom stereocenters. The number of carboxylic acid groups (broad SMARTS) is 5. The van der Waals surface area contributed by atoms with Gasteiger partial charge in [0, 0.05) is 25.9 Å². The Bertz CT molecular complexity index is 646. The number of nitrogens with two attached hydrogens (primary N) is 2. The first-order chi connectivity index (χ1) is 16.7. The Balaban J connectivity index is 0. The van der Waals surface area contributed by atoms with Gasteiger partial charge in [-0.25, -0.2) is 0 Å². The van der Waals surface area contributed by atoms with E-state index in [1.54, 1.807) is 0 Å². The minimum absolute atomic E-state index is 0.269. The van der Waals surface area contributed by atoms with Gasteiger partial charge in [0.05, 0.1) is 25.3 Å². The van der Waals surface area contributed by atoms with Crippen molar-refractivity contribution in [3.05, 3.63) is 0 Å². The molecule has 0 spiro atoms. The molecule has 17 heteroatoms. The number of β-amino-alcohol motifs (C(OH)–C–C–N with tert-alkyl or cyclic N) is 2. The van der Waals surface area contributed by atoms with Crippen LogP contribution < -0.4 is 27.4 Å². The number of hydrogen-bond donors (Lipinski definition) is 12. The summed E-state index contributed by atoms with van der Waals surface area (Å²) in [6.07, 6.45) is 1.48. The third kappa shape index (κ3) is 19.4. The Morgan fingerprint density at radius 2 is 0.972 bits per heavy atom. The predicted molar refractivity (Wildman–Crippen MR) is 122 cm³/mol. The highest BCUT2D eigenvalue weighted by Gasteiger charge is 2.27. The van der Waals surface area contributed by atoms with Crippen LogP contribution in [0.15, 0.2) is 0 Å². The molecule has 36 heavy (non-hydrogen) atoms. The third-order valence-corrected chi connectivity index (χ3v) is 4.52. The summed E-state index contributed by atoms with van der Waals surface area (Å²) in [7, 11) is 0. The van der Waals surface area contributed by atoms with Crippen LogP contribution >= 0.6 is 0 Å². The Morgan fingerprint density at radius 3 is 1.08 bits per heavy atom. The molecule has 0 radical (unpaired) electrons. The van der Waals surface area contributed by atoms with E-state index in [4.69, 9.17) is 35.7 Å². The van der Waals surface area contributed by atoms with E-state index in [1.165, 1.54) is 0 Å². The van der Waals surface area contributed by atoms with Crippen molar-refractivity contribution in [3.63, 3.8) is 0 Å². The normalized spacial score (nSPS) is 25.7. The Morgan fingerprint density at radius 1 is 0.639 bits per heavy atom. The van der Waals surface area contributed by atoms with Crippen LogP contribution in [0.4, 0.5) is 0 Å². The predicted octanol–water partition coefficient (Wildman–Crippen LogP) is -4.53. The highest BCUT2D eigenvalue weighted by molar-refractivity contribution is 5.74. The molecule has 14 N–H and O–H groups in total. The lowest BCUT2D eigenvalue weighted by atomic mass is 10.2. The van der Waals surface area contributed by atoms with Crippen molar-refractivity contribution in [2.24, 2.45) is 11.5 Å². The van der Waals surface area contributed by atoms with E-state index in [2.05, 4.69) is 27.4 Å². The highest BCUT2D eigenvalue weighted by atomic mass is 16.4. The lowest BCUT2D eigenvalue weighted by molar-refractivity contribution is -0.140. The van der Waals surface area contributed by atoms with E-state index in [0.29, 0.717) is 25.9 Å². The van der Waals surface area contributed by atoms with Crippen molar-refractivity contribution in [1.82, 2.24) is 16.0 Å². The van der Waals surface area contributed by atoms with Gasteiger partial charge >= 0.3 is 29.8 Å². The van der Waals surface area contributed by atoms with Crippen molar-refractivity contribution in [1.29, 1.82) is 0 Å². The number of aliphatic hydroxyl groups is 2. The molecule has 210 valence electrons. The van der Waals surface area contributed by atoms with E-state index in [9.17, 15) is 24.0 Å². The van der Waals surface area contributed by atoms with Crippen LogP contribution in [0.2, 0.25) is 0 Å². The molecule has 3 aliphatic rings. The average Bonchev–Trinajstić information content (AvgIpc) is 3.57. The van der Waals surface area contributed by atoms with Crippen molar-refractivity contribution in [2.75, 3.05) is 32.7 Å². The van der Waals surface area contributed by atoms with E-state index < -0.39 is 54.1 Å². The van der Waals surface area contributed by atoms with E-state index in [0.717, 1.165) is 19.4 Å². The van der Waals surface area contributed by atoms with Crippen LogP contribution in [0.3, 0.4) is 0 Å². The minimum atomic E-state index is -0.968. The Kier molecular flexibility index (Phi) is 19.8. The summed E-state index contributed by atoms with van der Waals surface area (Å²) in [6, 6.07) is -1.35. The SMILES string of the molecule is NCC(=O)O.NCC(=O)O.O=C(O)[C@@H]1CC(O)CN1.O=C(O)[C@@H]1CC(O)CN1.O=C(O)[C@@H]1CCCN1. The summed E-state index contributed by atoms with van der Waals surface area (Å²) in [5.41, 5.74) is 9.14. The van der Waals surface area contributed by atoms with Crippen LogP contribution in [0, 0.1) is 0 Å². The number of nitrogens with one attached hydrogen (secondary N) is 3. The standard InChI is InChI=1S/2C5H9NO3.C5H9NO2.2C2H5NO2/c2*7-3-1-4(5(8)9)6-2-3;7-5(8)4-2-1-3-6-4;2*3-1-2(4)5/h2*3-4,6-7H,1-2H2,(H,8,9);4,6H,1-3H2,(H,7,8);2*1,3H2,(H,4,5)/t2*3?,4-;4-;;/m000../s1. The molecule has 3 rings (SSSR count). The van der Waals surface area contributed by atoms with Gasteiger partial charge in [-0.1, -0.05) is 0 Å². The zero-order valence-corrected chi connectivity index (χ0v) is 19.6. The average molecular weight is 528 g/mol. The van der Waals surface area contributed by atoms with Crippen molar-refractivity contribution in [3.8, 4) is 0 Å². The number of aliphatic carboxylic acids is 5. The van der Waals surface area contributed by atoms with Gasteiger partial charge in [-0.15, -0.1) is 0 Å². The first-order valence-electron chi connectivity index (χ1n) is 10.8. The molecule has 0 aliphatic carbocycles. The van der Waals surface area contributed by atoms with E-state index in [1.807, 2.05) is 0 Å². The number of carbonyl (C=O) groups is 5. The second kappa shape index (κ2) is 20.3. The van der Waals surface area contributed by atoms with Crippen LogP contribution in [0.25, 0.3) is 0 Å². The van der Waals surface area contributed by atoms with Gasteiger partial charge in [-0.05, 0) is 19.4 Å². The summed E-state index contributed by atoms with van der Waals surface area (Å²) >= 11 is 0. The lowest BCUT2D eigenvalue weighted by Crippen LogP contribution is -2.29. The van der Waals surface area contributed by atoms with Gasteiger partial charge in [-0.3, -0.25) is 24.0 Å². The van der Waals surface area contributed by atoms with Gasteiger partial charge in [0.2, 0.25) is 0 Å². The van der Waals surface area contributed by atoms with Gasteiger partial charge in [-0.2, -0.15) is 0 Å². The third-order valence-electron chi connectivity index (χ3n) is 4.52. The second-order valence-corrected chi connectivity index (χ2v) is 7.56. The van der Waals surface area contributed by atoms with E-state index in [-0.39, 0.29) is 19.1 Å². The molecule has 3 heterocycles. The molecule has 0 aromatic heterocycles. The van der Waals surface area contributed by atoms with Crippen LogP contribution in [0.1, 0.15) is 25.7 Å². The number of rotatable bonds is 5. The second-order valence-electron chi connectivity index (χ2n) is 7.56. The van der Waals surface area contributed by atoms with Gasteiger partial charge in [0.25, 0.3) is 0 Å².